The number of carbonyl (C=O) groups excluding carboxylic acids is 1. The highest BCUT2D eigenvalue weighted by molar-refractivity contribution is 5.98. The fourth-order valence-corrected chi connectivity index (χ4v) is 3.58. The number of fused-ring (bicyclic) bond motifs is 1. The van der Waals surface area contributed by atoms with Gasteiger partial charge in [-0.1, -0.05) is 38.1 Å². The van der Waals surface area contributed by atoms with E-state index in [0.29, 0.717) is 11.5 Å². The van der Waals surface area contributed by atoms with Gasteiger partial charge >= 0.3 is 0 Å². The van der Waals surface area contributed by atoms with Gasteiger partial charge < -0.3 is 10.3 Å². The molecule has 1 aromatic heterocycles. The van der Waals surface area contributed by atoms with Crippen molar-refractivity contribution in [2.75, 3.05) is 0 Å². The Morgan fingerprint density at radius 1 is 1.00 bits per heavy atom. The number of amides is 1. The summed E-state index contributed by atoms with van der Waals surface area (Å²) in [6.07, 6.45) is 0. The van der Waals surface area contributed by atoms with Crippen molar-refractivity contribution in [3.8, 4) is 0 Å². The molecule has 1 amide bonds. The molecule has 2 aromatic carbocycles. The summed E-state index contributed by atoms with van der Waals surface area (Å²) in [5.74, 6) is 0.124. The minimum absolute atomic E-state index is 0.217. The van der Waals surface area contributed by atoms with Crippen molar-refractivity contribution >= 4 is 16.8 Å². The molecule has 0 bridgehead atoms. The van der Waals surface area contributed by atoms with Crippen LogP contribution in [0.4, 0.5) is 0 Å². The summed E-state index contributed by atoms with van der Waals surface area (Å²) in [7, 11) is 0. The van der Waals surface area contributed by atoms with Crippen LogP contribution in [0.1, 0.15) is 65.5 Å². The van der Waals surface area contributed by atoms with Crippen LogP contribution in [-0.2, 0) is 0 Å². The molecule has 0 spiro atoms. The molecular weight excluding hydrogens is 308 g/mol. The van der Waals surface area contributed by atoms with Crippen LogP contribution in [0, 0.1) is 13.8 Å². The third-order valence-corrected chi connectivity index (χ3v) is 5.30. The van der Waals surface area contributed by atoms with Gasteiger partial charge in [-0.2, -0.15) is 0 Å². The second kappa shape index (κ2) is 6.40. The minimum Gasteiger partial charge on any atom is -0.366 e. The first-order chi connectivity index (χ1) is 11.8. The zero-order valence-electron chi connectivity index (χ0n) is 15.6. The third kappa shape index (κ3) is 2.95. The maximum atomic E-state index is 11.5. The van der Waals surface area contributed by atoms with E-state index in [1.54, 1.807) is 0 Å². The second-order valence-electron chi connectivity index (χ2n) is 7.18. The quantitative estimate of drug-likeness (QED) is 0.710. The summed E-state index contributed by atoms with van der Waals surface area (Å²) in [5, 5.41) is 1.10. The highest BCUT2D eigenvalue weighted by atomic mass is 16.1. The topological polar surface area (TPSA) is 48.0 Å². The van der Waals surface area contributed by atoms with Gasteiger partial charge in [0.15, 0.2) is 0 Å². The van der Waals surface area contributed by atoms with Gasteiger partial charge in [-0.05, 0) is 61.6 Å². The molecular formula is C22H26N2O. The molecule has 25 heavy (non-hydrogen) atoms. The Kier molecular flexibility index (Phi) is 4.42. The summed E-state index contributed by atoms with van der Waals surface area (Å²) < 4.78 is 2.36. The van der Waals surface area contributed by atoms with E-state index in [9.17, 15) is 4.79 Å². The Balaban J connectivity index is 2.16. The molecule has 3 aromatic rings. The van der Waals surface area contributed by atoms with Crippen molar-refractivity contribution in [1.29, 1.82) is 0 Å². The lowest BCUT2D eigenvalue weighted by molar-refractivity contribution is 0.100. The summed E-state index contributed by atoms with van der Waals surface area (Å²) in [6, 6.07) is 14.8. The molecule has 3 heteroatoms. The Bertz CT molecular complexity index is 950. The maximum Gasteiger partial charge on any atom is 0.248 e. The standard InChI is InChI=1S/C22H26N2O/c1-13(2)17-7-6-8-18(11-17)16(5)24-15(4)14(3)20-12-19(22(23)25)9-10-21(20)24/h6-13,16H,1-5H3,(H2,23,25). The minimum atomic E-state index is -0.385. The predicted molar refractivity (Wildman–Crippen MR) is 104 cm³/mol. The van der Waals surface area contributed by atoms with E-state index in [-0.39, 0.29) is 11.9 Å². The summed E-state index contributed by atoms with van der Waals surface area (Å²) >= 11 is 0. The largest absolute Gasteiger partial charge is 0.366 e. The van der Waals surface area contributed by atoms with E-state index in [2.05, 4.69) is 63.5 Å². The van der Waals surface area contributed by atoms with E-state index in [1.807, 2.05) is 18.2 Å². The Morgan fingerprint density at radius 3 is 2.32 bits per heavy atom. The maximum absolute atomic E-state index is 11.5. The van der Waals surface area contributed by atoms with Crippen LogP contribution < -0.4 is 5.73 Å². The van der Waals surface area contributed by atoms with Gasteiger partial charge in [0.25, 0.3) is 0 Å². The molecule has 2 N–H and O–H groups in total. The molecule has 0 aliphatic rings. The van der Waals surface area contributed by atoms with Gasteiger partial charge in [0.1, 0.15) is 0 Å². The number of aryl methyl sites for hydroxylation is 1. The highest BCUT2D eigenvalue weighted by Crippen LogP contribution is 2.32. The lowest BCUT2D eigenvalue weighted by atomic mass is 9.98. The molecule has 3 nitrogen and oxygen atoms in total. The molecule has 0 aliphatic carbocycles. The molecule has 130 valence electrons. The van der Waals surface area contributed by atoms with Gasteiger partial charge in [0.05, 0.1) is 6.04 Å². The SMILES string of the molecule is Cc1c(C)n(C(C)c2cccc(C(C)C)c2)c2ccc(C(N)=O)cc12. The van der Waals surface area contributed by atoms with Gasteiger partial charge in [-0.3, -0.25) is 4.79 Å². The van der Waals surface area contributed by atoms with Gasteiger partial charge in [-0.15, -0.1) is 0 Å². The van der Waals surface area contributed by atoms with Gasteiger partial charge in [0.2, 0.25) is 5.91 Å². The number of nitrogens with two attached hydrogens (primary N) is 1. The zero-order chi connectivity index (χ0) is 18.3. The Labute approximate surface area is 149 Å². The van der Waals surface area contributed by atoms with E-state index in [1.165, 1.54) is 22.4 Å². The first kappa shape index (κ1) is 17.3. The molecule has 0 saturated carbocycles. The number of rotatable bonds is 4. The number of hydrogen-bond donors (Lipinski definition) is 1. The number of aromatic nitrogens is 1. The van der Waals surface area contributed by atoms with Crippen molar-refractivity contribution in [2.45, 2.75) is 46.6 Å². The lowest BCUT2D eigenvalue weighted by Crippen LogP contribution is -2.11. The number of carbonyl (C=O) groups is 1. The summed E-state index contributed by atoms with van der Waals surface area (Å²) in [4.78, 5) is 11.5. The van der Waals surface area contributed by atoms with Crippen molar-refractivity contribution in [3.63, 3.8) is 0 Å². The molecule has 1 unspecified atom stereocenters. The lowest BCUT2D eigenvalue weighted by Gasteiger charge is -2.20. The first-order valence-corrected chi connectivity index (χ1v) is 8.82. The molecule has 0 aliphatic heterocycles. The average Bonchev–Trinajstić information content (AvgIpc) is 2.85. The van der Waals surface area contributed by atoms with Crippen molar-refractivity contribution < 1.29 is 4.79 Å². The summed E-state index contributed by atoms with van der Waals surface area (Å²) in [5.41, 5.74) is 12.2. The fraction of sp³-hybridized carbons (Fsp3) is 0.318. The molecule has 0 saturated heterocycles. The van der Waals surface area contributed by atoms with Crippen LogP contribution in [0.3, 0.4) is 0 Å². The van der Waals surface area contributed by atoms with Crippen LogP contribution in [0.25, 0.3) is 10.9 Å². The van der Waals surface area contributed by atoms with Gasteiger partial charge in [-0.25, -0.2) is 0 Å². The molecule has 3 rings (SSSR count). The van der Waals surface area contributed by atoms with E-state index in [0.717, 1.165) is 10.9 Å². The molecule has 0 radical (unpaired) electrons. The van der Waals surface area contributed by atoms with Crippen LogP contribution in [0.15, 0.2) is 42.5 Å². The van der Waals surface area contributed by atoms with E-state index < -0.39 is 0 Å². The van der Waals surface area contributed by atoms with Crippen LogP contribution in [0.5, 0.6) is 0 Å². The van der Waals surface area contributed by atoms with Crippen LogP contribution >= 0.6 is 0 Å². The molecule has 0 fully saturated rings. The van der Waals surface area contributed by atoms with Crippen molar-refractivity contribution in [3.05, 3.63) is 70.4 Å². The number of primary amides is 1. The zero-order valence-corrected chi connectivity index (χ0v) is 15.6. The van der Waals surface area contributed by atoms with Gasteiger partial charge in [0, 0.05) is 22.2 Å². The van der Waals surface area contributed by atoms with Crippen molar-refractivity contribution in [1.82, 2.24) is 4.57 Å². The highest BCUT2D eigenvalue weighted by Gasteiger charge is 2.18. The Hall–Kier alpha value is -2.55. The third-order valence-electron chi connectivity index (χ3n) is 5.30. The second-order valence-corrected chi connectivity index (χ2v) is 7.18. The predicted octanol–water partition coefficient (Wildman–Crippen LogP) is 5.09. The first-order valence-electron chi connectivity index (χ1n) is 8.82. The van der Waals surface area contributed by atoms with E-state index >= 15 is 0 Å². The monoisotopic (exact) mass is 334 g/mol. The van der Waals surface area contributed by atoms with Crippen LogP contribution in [0.2, 0.25) is 0 Å². The molecule has 1 atom stereocenters. The van der Waals surface area contributed by atoms with Crippen LogP contribution in [-0.4, -0.2) is 10.5 Å². The summed E-state index contributed by atoms with van der Waals surface area (Å²) in [6.45, 7) is 10.9. The van der Waals surface area contributed by atoms with E-state index in [4.69, 9.17) is 5.73 Å². The average molecular weight is 334 g/mol. The Morgan fingerprint density at radius 2 is 1.68 bits per heavy atom. The smallest absolute Gasteiger partial charge is 0.248 e. The number of hydrogen-bond acceptors (Lipinski definition) is 1. The normalized spacial score (nSPS) is 12.7. The molecule has 1 heterocycles. The fourth-order valence-electron chi connectivity index (χ4n) is 3.58. The number of benzene rings is 2. The number of nitrogens with zero attached hydrogens (tertiary/aromatic N) is 1. The van der Waals surface area contributed by atoms with Crippen molar-refractivity contribution in [2.24, 2.45) is 5.73 Å².